The van der Waals surface area contributed by atoms with E-state index in [4.69, 9.17) is 27.9 Å². The van der Waals surface area contributed by atoms with E-state index in [2.05, 4.69) is 4.98 Å². The number of carbonyl (C=O) groups excluding carboxylic acids is 1. The van der Waals surface area contributed by atoms with Crippen molar-refractivity contribution >= 4 is 50.0 Å². The summed E-state index contributed by atoms with van der Waals surface area (Å²) in [5, 5.41) is 0.669. The second-order valence-electron chi connectivity index (χ2n) is 5.71. The molecule has 0 fully saturated rings. The van der Waals surface area contributed by atoms with Gasteiger partial charge >= 0.3 is 5.97 Å². The predicted molar refractivity (Wildman–Crippen MR) is 99.4 cm³/mol. The first-order chi connectivity index (χ1) is 12.2. The third-order valence-electron chi connectivity index (χ3n) is 3.85. The minimum atomic E-state index is -3.47. The van der Waals surface area contributed by atoms with Gasteiger partial charge in [0.2, 0.25) is 0 Å². The van der Waals surface area contributed by atoms with Gasteiger partial charge in [-0.05, 0) is 36.4 Å². The van der Waals surface area contributed by atoms with Gasteiger partial charge in [0.05, 0.1) is 26.5 Å². The van der Waals surface area contributed by atoms with Gasteiger partial charge in [0.1, 0.15) is 12.4 Å². The van der Waals surface area contributed by atoms with E-state index in [1.165, 1.54) is 18.2 Å². The van der Waals surface area contributed by atoms with E-state index in [0.717, 1.165) is 11.8 Å². The largest absolute Gasteiger partial charge is 0.454 e. The molecule has 3 aromatic rings. The van der Waals surface area contributed by atoms with E-state index in [1.54, 1.807) is 23.7 Å². The molecule has 1 aromatic heterocycles. The fraction of sp³-hybridized carbons (Fsp3) is 0.176. The number of benzene rings is 2. The summed E-state index contributed by atoms with van der Waals surface area (Å²) in [6.07, 6.45) is 1.05. The minimum absolute atomic E-state index is 0.00813. The fourth-order valence-electron chi connectivity index (χ4n) is 2.45. The molecule has 2 aromatic carbocycles. The fourth-order valence-corrected chi connectivity index (χ4v) is 3.46. The standard InChI is InChI=1S/C17H14Cl2N2O4S/c1-21-15-6-3-10(18)7-14(15)20-16(21)9-25-17(22)12-8-11(26(2,23)24)4-5-13(12)19/h3-8H,9H2,1-2H3. The SMILES string of the molecule is Cn1c(COC(=O)c2cc(S(C)(=O)=O)ccc2Cl)nc2cc(Cl)ccc21. The Kier molecular flexibility index (Phi) is 4.96. The van der Waals surface area contributed by atoms with Crippen molar-refractivity contribution in [2.45, 2.75) is 11.5 Å². The summed E-state index contributed by atoms with van der Waals surface area (Å²) in [4.78, 5) is 16.7. The number of sulfone groups is 1. The van der Waals surface area contributed by atoms with Crippen molar-refractivity contribution in [3.05, 3.63) is 57.8 Å². The van der Waals surface area contributed by atoms with Crippen LogP contribution in [-0.4, -0.2) is 30.2 Å². The van der Waals surface area contributed by atoms with Crippen LogP contribution in [0.15, 0.2) is 41.3 Å². The Bertz CT molecular complexity index is 1120. The van der Waals surface area contributed by atoms with Crippen LogP contribution < -0.4 is 0 Å². The number of halogens is 2. The quantitative estimate of drug-likeness (QED) is 0.611. The van der Waals surface area contributed by atoms with Gasteiger partial charge in [0.15, 0.2) is 9.84 Å². The molecule has 9 heteroatoms. The molecule has 0 atom stereocenters. The normalized spacial score (nSPS) is 11.7. The van der Waals surface area contributed by atoms with Gasteiger partial charge < -0.3 is 9.30 Å². The maximum atomic E-state index is 12.3. The molecular formula is C17H14Cl2N2O4S. The molecule has 0 spiro atoms. The zero-order valence-corrected chi connectivity index (χ0v) is 16.2. The molecular weight excluding hydrogens is 399 g/mol. The number of esters is 1. The van der Waals surface area contributed by atoms with Crippen LogP contribution in [-0.2, 0) is 28.2 Å². The molecule has 0 saturated carbocycles. The second kappa shape index (κ2) is 6.90. The van der Waals surface area contributed by atoms with Crippen molar-refractivity contribution in [1.82, 2.24) is 9.55 Å². The summed E-state index contributed by atoms with van der Waals surface area (Å²) in [5.41, 5.74) is 1.51. The van der Waals surface area contributed by atoms with Crippen LogP contribution in [0, 0.1) is 0 Å². The topological polar surface area (TPSA) is 78.3 Å². The average Bonchev–Trinajstić information content (AvgIpc) is 2.87. The number of nitrogens with zero attached hydrogens (tertiary/aromatic N) is 2. The Morgan fingerprint density at radius 3 is 2.62 bits per heavy atom. The third-order valence-corrected chi connectivity index (χ3v) is 5.53. The molecule has 0 aliphatic rings. The van der Waals surface area contributed by atoms with Crippen molar-refractivity contribution in [3.8, 4) is 0 Å². The highest BCUT2D eigenvalue weighted by atomic mass is 35.5. The summed E-state index contributed by atoms with van der Waals surface area (Å²) in [6, 6.07) is 9.18. The van der Waals surface area contributed by atoms with Gasteiger partial charge in [-0.25, -0.2) is 18.2 Å². The molecule has 0 N–H and O–H groups in total. The molecule has 6 nitrogen and oxygen atoms in total. The number of hydrogen-bond donors (Lipinski definition) is 0. The number of imidazole rings is 1. The molecule has 136 valence electrons. The lowest BCUT2D eigenvalue weighted by molar-refractivity contribution is 0.0459. The molecule has 0 bridgehead atoms. The van der Waals surface area contributed by atoms with Crippen LogP contribution >= 0.6 is 23.2 Å². The Hall–Kier alpha value is -2.09. The molecule has 0 aliphatic heterocycles. The molecule has 26 heavy (non-hydrogen) atoms. The molecule has 0 saturated heterocycles. The number of carbonyl (C=O) groups is 1. The second-order valence-corrected chi connectivity index (χ2v) is 8.57. The first-order valence-corrected chi connectivity index (χ1v) is 10.1. The van der Waals surface area contributed by atoms with Gasteiger partial charge in [0, 0.05) is 18.3 Å². The van der Waals surface area contributed by atoms with Crippen LogP contribution in [0.1, 0.15) is 16.2 Å². The Labute approximate surface area is 160 Å². The molecule has 0 aliphatic carbocycles. The number of rotatable bonds is 4. The van der Waals surface area contributed by atoms with Crippen LogP contribution in [0.3, 0.4) is 0 Å². The summed E-state index contributed by atoms with van der Waals surface area (Å²) in [7, 11) is -1.67. The van der Waals surface area contributed by atoms with Gasteiger partial charge in [-0.15, -0.1) is 0 Å². The van der Waals surface area contributed by atoms with E-state index >= 15 is 0 Å². The van der Waals surface area contributed by atoms with Crippen molar-refractivity contribution in [2.75, 3.05) is 6.26 Å². The number of hydrogen-bond acceptors (Lipinski definition) is 5. The summed E-state index contributed by atoms with van der Waals surface area (Å²) >= 11 is 12.0. The molecule has 0 amide bonds. The lowest BCUT2D eigenvalue weighted by Crippen LogP contribution is -2.10. The molecule has 3 rings (SSSR count). The number of aryl methyl sites for hydroxylation is 1. The van der Waals surface area contributed by atoms with E-state index in [-0.39, 0.29) is 22.1 Å². The number of ether oxygens (including phenoxy) is 1. The summed E-state index contributed by atoms with van der Waals surface area (Å²) in [5.74, 6) is -0.211. The third kappa shape index (κ3) is 3.70. The van der Waals surface area contributed by atoms with Crippen molar-refractivity contribution in [2.24, 2.45) is 7.05 Å². The van der Waals surface area contributed by atoms with E-state index in [1.807, 2.05) is 6.07 Å². The summed E-state index contributed by atoms with van der Waals surface area (Å²) in [6.45, 7) is -0.0962. The van der Waals surface area contributed by atoms with E-state index in [0.29, 0.717) is 16.4 Å². The monoisotopic (exact) mass is 412 g/mol. The van der Waals surface area contributed by atoms with Gasteiger partial charge in [-0.1, -0.05) is 23.2 Å². The van der Waals surface area contributed by atoms with Crippen LogP contribution in [0.4, 0.5) is 0 Å². The van der Waals surface area contributed by atoms with Crippen molar-refractivity contribution in [1.29, 1.82) is 0 Å². The maximum absolute atomic E-state index is 12.3. The Morgan fingerprint density at radius 1 is 1.19 bits per heavy atom. The number of fused-ring (bicyclic) bond motifs is 1. The Balaban J connectivity index is 1.85. The average molecular weight is 413 g/mol. The Morgan fingerprint density at radius 2 is 1.92 bits per heavy atom. The first kappa shape index (κ1) is 18.7. The zero-order chi connectivity index (χ0) is 19.1. The highest BCUT2D eigenvalue weighted by Gasteiger charge is 2.18. The minimum Gasteiger partial charge on any atom is -0.454 e. The van der Waals surface area contributed by atoms with Crippen LogP contribution in [0.25, 0.3) is 11.0 Å². The number of aromatic nitrogens is 2. The summed E-state index contributed by atoms with van der Waals surface area (Å²) < 4.78 is 30.4. The van der Waals surface area contributed by atoms with E-state index in [9.17, 15) is 13.2 Å². The maximum Gasteiger partial charge on any atom is 0.340 e. The lowest BCUT2D eigenvalue weighted by atomic mass is 10.2. The van der Waals surface area contributed by atoms with Crippen LogP contribution in [0.2, 0.25) is 10.0 Å². The smallest absolute Gasteiger partial charge is 0.340 e. The van der Waals surface area contributed by atoms with Gasteiger partial charge in [-0.2, -0.15) is 0 Å². The highest BCUT2D eigenvalue weighted by Crippen LogP contribution is 2.23. The molecule has 0 unspecified atom stereocenters. The van der Waals surface area contributed by atoms with Gasteiger partial charge in [-0.3, -0.25) is 0 Å². The first-order valence-electron chi connectivity index (χ1n) is 7.44. The zero-order valence-electron chi connectivity index (χ0n) is 13.9. The van der Waals surface area contributed by atoms with Crippen LogP contribution in [0.5, 0.6) is 0 Å². The molecule has 0 radical (unpaired) electrons. The lowest BCUT2D eigenvalue weighted by Gasteiger charge is -2.08. The van der Waals surface area contributed by atoms with Crippen molar-refractivity contribution in [3.63, 3.8) is 0 Å². The molecule has 1 heterocycles. The highest BCUT2D eigenvalue weighted by molar-refractivity contribution is 7.90. The van der Waals surface area contributed by atoms with E-state index < -0.39 is 15.8 Å². The van der Waals surface area contributed by atoms with Gasteiger partial charge in [0.25, 0.3) is 0 Å². The predicted octanol–water partition coefficient (Wildman–Crippen LogP) is 3.64. The van der Waals surface area contributed by atoms with Crippen molar-refractivity contribution < 1.29 is 17.9 Å².